The second-order valence-corrected chi connectivity index (χ2v) is 6.11. The molecule has 2 atom stereocenters. The third kappa shape index (κ3) is 1.80. The van der Waals surface area contributed by atoms with Crippen molar-refractivity contribution in [1.82, 2.24) is 4.90 Å². The maximum absolute atomic E-state index is 12.7. The Hall–Kier alpha value is -1.34. The van der Waals surface area contributed by atoms with Crippen LogP contribution >= 0.6 is 11.8 Å². The monoisotopic (exact) mass is 299 g/mol. The quantitative estimate of drug-likeness (QED) is 0.634. The van der Waals surface area contributed by atoms with Gasteiger partial charge in [0.15, 0.2) is 0 Å². The third-order valence-electron chi connectivity index (χ3n) is 3.73. The van der Waals surface area contributed by atoms with Gasteiger partial charge in [-0.1, -0.05) is 11.8 Å². The first kappa shape index (κ1) is 13.6. The van der Waals surface area contributed by atoms with Crippen LogP contribution in [0.2, 0.25) is 0 Å². The highest BCUT2D eigenvalue weighted by molar-refractivity contribution is 8.04. The molecule has 0 aromatic carbocycles. The van der Waals surface area contributed by atoms with E-state index in [1.54, 1.807) is 6.92 Å². The number of allylic oxidation sites excluding steroid dienone is 1. The van der Waals surface area contributed by atoms with Crippen LogP contribution in [0.4, 0.5) is 4.39 Å². The van der Waals surface area contributed by atoms with Gasteiger partial charge in [-0.25, -0.2) is 9.18 Å². The Morgan fingerprint density at radius 1 is 1.60 bits per heavy atom. The van der Waals surface area contributed by atoms with Crippen molar-refractivity contribution in [1.29, 1.82) is 0 Å². The molecule has 108 valence electrons. The number of aliphatic carboxylic acids is 1. The van der Waals surface area contributed by atoms with Crippen molar-refractivity contribution >= 4 is 23.6 Å². The number of carboxylic acid groups (broad SMARTS) is 1. The minimum Gasteiger partial charge on any atom is -0.477 e. The van der Waals surface area contributed by atoms with Gasteiger partial charge >= 0.3 is 5.97 Å². The highest BCUT2D eigenvalue weighted by Crippen LogP contribution is 2.52. The zero-order chi connectivity index (χ0) is 14.4. The minimum absolute atomic E-state index is 0.00677. The Balaban J connectivity index is 1.96. The number of halogens is 1. The van der Waals surface area contributed by atoms with Gasteiger partial charge in [0.25, 0.3) is 5.91 Å². The summed E-state index contributed by atoms with van der Waals surface area (Å²) < 4.78 is 18.3. The summed E-state index contributed by atoms with van der Waals surface area (Å²) in [6, 6.07) is 0. The molecule has 3 aliphatic heterocycles. The van der Waals surface area contributed by atoms with E-state index in [-0.39, 0.29) is 11.8 Å². The molecule has 20 heavy (non-hydrogen) atoms. The topological polar surface area (TPSA) is 66.8 Å². The SMILES string of the molecule is CC(CF)=C1C(=O)N2C(C(=O)O)=C([C@@H]3CCCO3)S[C@H]12. The fourth-order valence-corrected chi connectivity index (χ4v) is 4.32. The molecule has 2 saturated heterocycles. The maximum atomic E-state index is 12.7. The van der Waals surface area contributed by atoms with E-state index in [0.29, 0.717) is 22.7 Å². The number of alkyl halides is 1. The van der Waals surface area contributed by atoms with Gasteiger partial charge in [-0.3, -0.25) is 9.69 Å². The molecule has 0 saturated carbocycles. The molecular formula is C13H14FNO4S. The summed E-state index contributed by atoms with van der Waals surface area (Å²) in [5, 5.41) is 8.96. The fraction of sp³-hybridized carbons (Fsp3) is 0.538. The summed E-state index contributed by atoms with van der Waals surface area (Å²) in [7, 11) is 0. The van der Waals surface area contributed by atoms with Gasteiger partial charge in [0.1, 0.15) is 17.7 Å². The molecule has 0 aliphatic carbocycles. The maximum Gasteiger partial charge on any atom is 0.353 e. The summed E-state index contributed by atoms with van der Waals surface area (Å²) in [5.41, 5.74) is 0.777. The van der Waals surface area contributed by atoms with Crippen LogP contribution in [-0.2, 0) is 14.3 Å². The molecule has 3 heterocycles. The van der Waals surface area contributed by atoms with Crippen molar-refractivity contribution in [2.24, 2.45) is 0 Å². The highest BCUT2D eigenvalue weighted by Gasteiger charge is 2.54. The van der Waals surface area contributed by atoms with E-state index in [2.05, 4.69) is 0 Å². The molecule has 0 unspecified atom stereocenters. The Labute approximate surface area is 119 Å². The summed E-state index contributed by atoms with van der Waals surface area (Å²) in [5.74, 6) is -1.53. The molecule has 5 nitrogen and oxygen atoms in total. The predicted molar refractivity (Wildman–Crippen MR) is 70.5 cm³/mol. The van der Waals surface area contributed by atoms with Crippen LogP contribution in [0.15, 0.2) is 21.7 Å². The van der Waals surface area contributed by atoms with Crippen molar-refractivity contribution in [3.63, 3.8) is 0 Å². The molecular weight excluding hydrogens is 285 g/mol. The third-order valence-corrected chi connectivity index (χ3v) is 5.11. The van der Waals surface area contributed by atoms with Crippen LogP contribution in [-0.4, -0.2) is 46.6 Å². The number of thioether (sulfide) groups is 1. The summed E-state index contributed by atoms with van der Waals surface area (Å²) in [4.78, 5) is 25.3. The van der Waals surface area contributed by atoms with Crippen molar-refractivity contribution in [2.45, 2.75) is 31.2 Å². The van der Waals surface area contributed by atoms with Gasteiger partial charge in [-0.15, -0.1) is 0 Å². The Bertz CT molecular complexity index is 551. The molecule has 7 heteroatoms. The van der Waals surface area contributed by atoms with Gasteiger partial charge in [-0.2, -0.15) is 0 Å². The van der Waals surface area contributed by atoms with E-state index in [4.69, 9.17) is 4.74 Å². The second kappa shape index (κ2) is 4.89. The zero-order valence-electron chi connectivity index (χ0n) is 10.9. The van der Waals surface area contributed by atoms with E-state index >= 15 is 0 Å². The Kier molecular flexibility index (Phi) is 3.33. The fourth-order valence-electron chi connectivity index (χ4n) is 2.72. The van der Waals surface area contributed by atoms with Crippen molar-refractivity contribution < 1.29 is 23.8 Å². The number of rotatable bonds is 3. The van der Waals surface area contributed by atoms with E-state index in [0.717, 1.165) is 12.8 Å². The number of hydrogen-bond acceptors (Lipinski definition) is 4. The molecule has 3 aliphatic rings. The van der Waals surface area contributed by atoms with Gasteiger partial charge in [0, 0.05) is 11.5 Å². The largest absolute Gasteiger partial charge is 0.477 e. The number of nitrogens with zero attached hydrogens (tertiary/aromatic N) is 1. The molecule has 0 spiro atoms. The lowest BCUT2D eigenvalue weighted by Gasteiger charge is -2.38. The number of hydrogen-bond donors (Lipinski definition) is 1. The standard InChI is InChI=1S/C13H14FNO4S/c1-6(5-14)8-11(16)15-9(13(17)18)10(20-12(8)15)7-3-2-4-19-7/h7,12H,2-5H2,1H3,(H,17,18)/t7-,12+/m0/s1. The summed E-state index contributed by atoms with van der Waals surface area (Å²) >= 11 is 1.30. The van der Waals surface area contributed by atoms with Gasteiger partial charge in [0.05, 0.1) is 11.7 Å². The van der Waals surface area contributed by atoms with Gasteiger partial charge in [0.2, 0.25) is 0 Å². The molecule has 0 aromatic rings. The van der Waals surface area contributed by atoms with Crippen LogP contribution in [0.5, 0.6) is 0 Å². The van der Waals surface area contributed by atoms with E-state index in [1.807, 2.05) is 0 Å². The first-order chi connectivity index (χ1) is 9.56. The Morgan fingerprint density at radius 3 is 2.90 bits per heavy atom. The minimum atomic E-state index is -1.13. The van der Waals surface area contributed by atoms with Crippen LogP contribution in [0, 0.1) is 0 Å². The van der Waals surface area contributed by atoms with Gasteiger partial charge < -0.3 is 9.84 Å². The number of carbonyl (C=O) groups is 2. The summed E-state index contributed by atoms with van der Waals surface area (Å²) in [6.45, 7) is 1.48. The number of amides is 1. The predicted octanol–water partition coefficient (Wildman–Crippen LogP) is 1.66. The van der Waals surface area contributed by atoms with E-state index in [9.17, 15) is 19.1 Å². The van der Waals surface area contributed by atoms with Crippen molar-refractivity contribution in [3.8, 4) is 0 Å². The van der Waals surface area contributed by atoms with Crippen LogP contribution in [0.1, 0.15) is 19.8 Å². The van der Waals surface area contributed by atoms with Crippen molar-refractivity contribution in [3.05, 3.63) is 21.7 Å². The normalized spacial score (nSPS) is 31.5. The molecule has 0 aromatic heterocycles. The Morgan fingerprint density at radius 2 is 2.35 bits per heavy atom. The molecule has 0 bridgehead atoms. The summed E-state index contributed by atoms with van der Waals surface area (Å²) in [6.07, 6.45) is 1.39. The number of carboxylic acids is 1. The number of carbonyl (C=O) groups excluding carboxylic acids is 1. The molecule has 0 radical (unpaired) electrons. The molecule has 1 N–H and O–H groups in total. The lowest BCUT2D eigenvalue weighted by molar-refractivity contribution is -0.141. The highest BCUT2D eigenvalue weighted by atomic mass is 32.2. The molecule has 1 amide bonds. The average molecular weight is 299 g/mol. The zero-order valence-corrected chi connectivity index (χ0v) is 11.7. The number of ether oxygens (including phenoxy) is 1. The smallest absolute Gasteiger partial charge is 0.353 e. The van der Waals surface area contributed by atoms with E-state index in [1.165, 1.54) is 16.7 Å². The van der Waals surface area contributed by atoms with E-state index < -0.39 is 23.9 Å². The lowest BCUT2D eigenvalue weighted by Crippen LogP contribution is -2.51. The van der Waals surface area contributed by atoms with Crippen LogP contribution in [0.3, 0.4) is 0 Å². The van der Waals surface area contributed by atoms with Crippen molar-refractivity contribution in [2.75, 3.05) is 13.3 Å². The van der Waals surface area contributed by atoms with Crippen LogP contribution < -0.4 is 0 Å². The second-order valence-electron chi connectivity index (χ2n) is 4.99. The number of fused-ring (bicyclic) bond motifs is 1. The van der Waals surface area contributed by atoms with Gasteiger partial charge in [-0.05, 0) is 25.3 Å². The molecule has 2 fully saturated rings. The number of β-lactam (4-membered cyclic amide) rings is 1. The van der Waals surface area contributed by atoms with Crippen LogP contribution in [0.25, 0.3) is 0 Å². The molecule has 3 rings (SSSR count). The lowest BCUT2D eigenvalue weighted by atomic mass is 9.99. The first-order valence-corrected chi connectivity index (χ1v) is 7.29. The first-order valence-electron chi connectivity index (χ1n) is 6.41. The average Bonchev–Trinajstić information content (AvgIpc) is 3.03.